The molecule has 0 bridgehead atoms. The molecular formula is C15H14Cl2N2O4. The van der Waals surface area contributed by atoms with E-state index in [0.29, 0.717) is 11.4 Å². The van der Waals surface area contributed by atoms with Gasteiger partial charge in [0.2, 0.25) is 5.91 Å². The number of hydrogen-bond donors (Lipinski definition) is 1. The molecule has 1 fully saturated rings. The molecule has 0 radical (unpaired) electrons. The van der Waals surface area contributed by atoms with E-state index in [2.05, 4.69) is 5.32 Å². The van der Waals surface area contributed by atoms with E-state index >= 15 is 0 Å². The van der Waals surface area contributed by atoms with Crippen LogP contribution in [-0.4, -0.2) is 35.3 Å². The number of alkyl halides is 2. The van der Waals surface area contributed by atoms with Gasteiger partial charge in [-0.2, -0.15) is 0 Å². The van der Waals surface area contributed by atoms with E-state index in [0.717, 1.165) is 0 Å². The van der Waals surface area contributed by atoms with E-state index in [1.54, 1.807) is 31.2 Å². The SMILES string of the molecule is C[C@@]1(C(=O)OCC(=O)N2CC(=O)Nc3ccccc32)CC1(Cl)Cl. The second-order valence-electron chi connectivity index (χ2n) is 5.83. The van der Waals surface area contributed by atoms with Crippen LogP contribution in [0.1, 0.15) is 13.3 Å². The highest BCUT2D eigenvalue weighted by Gasteiger charge is 2.69. The molecule has 2 amide bonds. The number of halogens is 2. The van der Waals surface area contributed by atoms with Crippen LogP contribution in [0.4, 0.5) is 11.4 Å². The molecular weight excluding hydrogens is 343 g/mol. The lowest BCUT2D eigenvalue weighted by Gasteiger charge is -2.29. The number of carbonyl (C=O) groups is 3. The highest BCUT2D eigenvalue weighted by Crippen LogP contribution is 2.64. The number of fused-ring (bicyclic) bond motifs is 1. The molecule has 122 valence electrons. The third-order valence-electron chi connectivity index (χ3n) is 4.11. The fourth-order valence-electron chi connectivity index (χ4n) is 2.44. The summed E-state index contributed by atoms with van der Waals surface area (Å²) in [7, 11) is 0. The van der Waals surface area contributed by atoms with Gasteiger partial charge in [0.1, 0.15) is 16.3 Å². The van der Waals surface area contributed by atoms with Gasteiger partial charge in [0.05, 0.1) is 11.4 Å². The number of carbonyl (C=O) groups excluding carboxylic acids is 3. The van der Waals surface area contributed by atoms with Crippen LogP contribution in [0.5, 0.6) is 0 Å². The summed E-state index contributed by atoms with van der Waals surface area (Å²) < 4.78 is 3.89. The van der Waals surface area contributed by atoms with Crippen molar-refractivity contribution in [2.75, 3.05) is 23.4 Å². The number of esters is 1. The van der Waals surface area contributed by atoms with Crippen LogP contribution in [0.25, 0.3) is 0 Å². The van der Waals surface area contributed by atoms with Gasteiger partial charge in [-0.3, -0.25) is 19.3 Å². The molecule has 0 aromatic heterocycles. The third kappa shape index (κ3) is 2.77. The van der Waals surface area contributed by atoms with Crippen molar-refractivity contribution in [2.24, 2.45) is 5.41 Å². The number of hydrogen-bond acceptors (Lipinski definition) is 4. The molecule has 1 N–H and O–H groups in total. The monoisotopic (exact) mass is 356 g/mol. The van der Waals surface area contributed by atoms with Gasteiger partial charge in [-0.05, 0) is 19.1 Å². The lowest BCUT2D eigenvalue weighted by molar-refractivity contribution is -0.153. The van der Waals surface area contributed by atoms with Crippen LogP contribution in [0.3, 0.4) is 0 Å². The van der Waals surface area contributed by atoms with Crippen LogP contribution < -0.4 is 10.2 Å². The van der Waals surface area contributed by atoms with Crippen molar-refractivity contribution in [1.29, 1.82) is 0 Å². The Morgan fingerprint density at radius 3 is 2.65 bits per heavy atom. The van der Waals surface area contributed by atoms with Crippen molar-refractivity contribution >= 4 is 52.4 Å². The number of amides is 2. The van der Waals surface area contributed by atoms with Crippen molar-refractivity contribution in [2.45, 2.75) is 17.7 Å². The smallest absolute Gasteiger partial charge is 0.315 e. The van der Waals surface area contributed by atoms with Gasteiger partial charge in [-0.1, -0.05) is 12.1 Å². The maximum Gasteiger partial charge on any atom is 0.315 e. The number of ether oxygens (including phenoxy) is 1. The maximum atomic E-state index is 12.3. The van der Waals surface area contributed by atoms with Gasteiger partial charge < -0.3 is 10.1 Å². The quantitative estimate of drug-likeness (QED) is 0.664. The predicted molar refractivity (Wildman–Crippen MR) is 85.5 cm³/mol. The van der Waals surface area contributed by atoms with E-state index in [4.69, 9.17) is 27.9 Å². The summed E-state index contributed by atoms with van der Waals surface area (Å²) in [5.41, 5.74) is 0.112. The Labute approximate surface area is 142 Å². The molecule has 6 nitrogen and oxygen atoms in total. The Morgan fingerprint density at radius 2 is 2.00 bits per heavy atom. The molecule has 0 spiro atoms. The number of anilines is 2. The molecule has 1 aliphatic heterocycles. The third-order valence-corrected chi connectivity index (χ3v) is 5.21. The fraction of sp³-hybridized carbons (Fsp3) is 0.400. The summed E-state index contributed by atoms with van der Waals surface area (Å²) in [4.78, 5) is 37.3. The predicted octanol–water partition coefficient (Wildman–Crippen LogP) is 2.10. The highest BCUT2D eigenvalue weighted by molar-refractivity contribution is 6.53. The number of nitrogens with one attached hydrogen (secondary N) is 1. The van der Waals surface area contributed by atoms with E-state index < -0.39 is 28.2 Å². The van der Waals surface area contributed by atoms with Crippen molar-refractivity contribution in [3.63, 3.8) is 0 Å². The summed E-state index contributed by atoms with van der Waals surface area (Å²) in [6.45, 7) is 0.989. The normalized spacial score (nSPS) is 24.5. The zero-order chi connectivity index (χ0) is 16.8. The lowest BCUT2D eigenvalue weighted by Crippen LogP contribution is -2.44. The number of nitrogens with zero attached hydrogens (tertiary/aromatic N) is 1. The Hall–Kier alpha value is -1.79. The first-order chi connectivity index (χ1) is 10.7. The topological polar surface area (TPSA) is 75.7 Å². The van der Waals surface area contributed by atoms with Crippen LogP contribution >= 0.6 is 23.2 Å². The van der Waals surface area contributed by atoms with Crippen molar-refractivity contribution < 1.29 is 19.1 Å². The summed E-state index contributed by atoms with van der Waals surface area (Å²) in [6.07, 6.45) is 0.283. The maximum absolute atomic E-state index is 12.3. The molecule has 1 saturated carbocycles. The van der Waals surface area contributed by atoms with Crippen LogP contribution in [0.2, 0.25) is 0 Å². The number of benzene rings is 1. The van der Waals surface area contributed by atoms with E-state index in [1.165, 1.54) is 4.90 Å². The summed E-state index contributed by atoms with van der Waals surface area (Å²) in [5, 5.41) is 2.68. The second kappa shape index (κ2) is 5.39. The fourth-order valence-corrected chi connectivity index (χ4v) is 3.13. The van der Waals surface area contributed by atoms with Crippen LogP contribution in [0.15, 0.2) is 24.3 Å². The molecule has 1 aromatic carbocycles. The summed E-state index contributed by atoms with van der Waals surface area (Å²) in [5.74, 6) is -1.41. The van der Waals surface area contributed by atoms with E-state index in [9.17, 15) is 14.4 Å². The average molecular weight is 357 g/mol. The molecule has 3 rings (SSSR count). The van der Waals surface area contributed by atoms with E-state index in [-0.39, 0.29) is 18.9 Å². The summed E-state index contributed by atoms with van der Waals surface area (Å²) >= 11 is 11.8. The van der Waals surface area contributed by atoms with Gasteiger partial charge >= 0.3 is 5.97 Å². The zero-order valence-electron chi connectivity index (χ0n) is 12.3. The number of para-hydroxylation sites is 2. The first-order valence-electron chi connectivity index (χ1n) is 6.99. The van der Waals surface area contributed by atoms with Gasteiger partial charge in [0.25, 0.3) is 5.91 Å². The van der Waals surface area contributed by atoms with Crippen molar-refractivity contribution in [3.05, 3.63) is 24.3 Å². The van der Waals surface area contributed by atoms with Crippen LogP contribution in [0, 0.1) is 5.41 Å². The lowest BCUT2D eigenvalue weighted by atomic mass is 10.1. The van der Waals surface area contributed by atoms with Crippen molar-refractivity contribution in [3.8, 4) is 0 Å². The van der Waals surface area contributed by atoms with E-state index in [1.807, 2.05) is 0 Å². The number of rotatable bonds is 3. The first kappa shape index (κ1) is 16.1. The molecule has 1 aromatic rings. The van der Waals surface area contributed by atoms with Crippen LogP contribution in [-0.2, 0) is 19.1 Å². The molecule has 1 atom stereocenters. The molecule has 2 aliphatic rings. The molecule has 23 heavy (non-hydrogen) atoms. The minimum absolute atomic E-state index is 0.125. The second-order valence-corrected chi connectivity index (χ2v) is 7.32. The molecule has 0 unspecified atom stereocenters. The molecule has 8 heteroatoms. The van der Waals surface area contributed by atoms with Gasteiger partial charge in [-0.25, -0.2) is 0 Å². The Kier molecular flexibility index (Phi) is 3.77. The van der Waals surface area contributed by atoms with Gasteiger partial charge in [0.15, 0.2) is 6.61 Å². The Bertz CT molecular complexity index is 706. The summed E-state index contributed by atoms with van der Waals surface area (Å²) in [6, 6.07) is 6.91. The standard InChI is InChI=1S/C15H14Cl2N2O4/c1-14(8-15(14,16)17)13(22)23-7-12(21)19-6-11(20)18-9-4-2-3-5-10(9)19/h2-5H,6-8H2,1H3,(H,18,20)/t14-/m0/s1. The first-order valence-corrected chi connectivity index (χ1v) is 7.74. The van der Waals surface area contributed by atoms with Crippen molar-refractivity contribution in [1.82, 2.24) is 0 Å². The van der Waals surface area contributed by atoms with Gasteiger partial charge in [0, 0.05) is 6.42 Å². The minimum Gasteiger partial charge on any atom is -0.455 e. The minimum atomic E-state index is -1.15. The zero-order valence-corrected chi connectivity index (χ0v) is 13.8. The molecule has 1 aliphatic carbocycles. The Balaban J connectivity index is 1.68. The average Bonchev–Trinajstić information content (AvgIpc) is 3.03. The molecule has 0 saturated heterocycles. The van der Waals surface area contributed by atoms with Gasteiger partial charge in [-0.15, -0.1) is 23.2 Å². The highest BCUT2D eigenvalue weighted by atomic mass is 35.5. The molecule has 1 heterocycles. The Morgan fingerprint density at radius 1 is 1.35 bits per heavy atom. The largest absolute Gasteiger partial charge is 0.455 e.